The van der Waals surface area contributed by atoms with Gasteiger partial charge in [-0.3, -0.25) is 0 Å². The molecular weight excluding hydrogens is 214 g/mol. The predicted molar refractivity (Wildman–Crippen MR) is 65.8 cm³/mol. The Balaban J connectivity index is 2.13. The van der Waals surface area contributed by atoms with Crippen LogP contribution >= 0.6 is 0 Å². The van der Waals surface area contributed by atoms with Gasteiger partial charge in [-0.1, -0.05) is 35.5 Å². The SMILES string of the molecule is CCOC(Cc1cc(C)no1)c1ccccc1. The Morgan fingerprint density at radius 2 is 2.06 bits per heavy atom. The van der Waals surface area contributed by atoms with E-state index in [1.807, 2.05) is 38.1 Å². The molecule has 3 heteroatoms. The molecular formula is C14H17NO2. The van der Waals surface area contributed by atoms with Gasteiger partial charge >= 0.3 is 0 Å². The van der Waals surface area contributed by atoms with Crippen LogP contribution in [0.2, 0.25) is 0 Å². The molecule has 0 spiro atoms. The minimum Gasteiger partial charge on any atom is -0.373 e. The van der Waals surface area contributed by atoms with Crippen LogP contribution in [-0.4, -0.2) is 11.8 Å². The van der Waals surface area contributed by atoms with E-state index in [2.05, 4.69) is 17.3 Å². The molecule has 0 aliphatic heterocycles. The molecule has 2 rings (SSSR count). The highest BCUT2D eigenvalue weighted by Crippen LogP contribution is 2.22. The maximum Gasteiger partial charge on any atom is 0.139 e. The summed E-state index contributed by atoms with van der Waals surface area (Å²) in [6.07, 6.45) is 0.757. The molecule has 0 bridgehead atoms. The Morgan fingerprint density at radius 1 is 1.29 bits per heavy atom. The number of aromatic nitrogens is 1. The molecule has 3 nitrogen and oxygen atoms in total. The molecule has 0 amide bonds. The van der Waals surface area contributed by atoms with Crippen molar-refractivity contribution in [1.82, 2.24) is 5.16 Å². The lowest BCUT2D eigenvalue weighted by Gasteiger charge is -2.15. The Bertz CT molecular complexity index is 450. The summed E-state index contributed by atoms with van der Waals surface area (Å²) in [5, 5.41) is 3.89. The number of benzene rings is 1. The topological polar surface area (TPSA) is 35.3 Å². The number of hydrogen-bond donors (Lipinski definition) is 0. The second-order valence-electron chi connectivity index (χ2n) is 3.99. The average Bonchev–Trinajstić information content (AvgIpc) is 2.75. The lowest BCUT2D eigenvalue weighted by Crippen LogP contribution is -2.07. The highest BCUT2D eigenvalue weighted by Gasteiger charge is 2.14. The molecule has 0 aliphatic carbocycles. The Labute approximate surface area is 101 Å². The maximum atomic E-state index is 5.75. The van der Waals surface area contributed by atoms with Gasteiger partial charge in [0, 0.05) is 19.1 Å². The highest BCUT2D eigenvalue weighted by molar-refractivity contribution is 5.19. The number of rotatable bonds is 5. The van der Waals surface area contributed by atoms with Gasteiger partial charge in [-0.25, -0.2) is 0 Å². The summed E-state index contributed by atoms with van der Waals surface area (Å²) in [7, 11) is 0. The van der Waals surface area contributed by atoms with Crippen LogP contribution in [0.15, 0.2) is 40.9 Å². The van der Waals surface area contributed by atoms with E-state index in [9.17, 15) is 0 Å². The zero-order chi connectivity index (χ0) is 12.1. The van der Waals surface area contributed by atoms with Crippen LogP contribution < -0.4 is 0 Å². The van der Waals surface area contributed by atoms with E-state index in [0.29, 0.717) is 6.61 Å². The minimum absolute atomic E-state index is 0.0357. The largest absolute Gasteiger partial charge is 0.373 e. The fourth-order valence-corrected chi connectivity index (χ4v) is 1.84. The van der Waals surface area contributed by atoms with Gasteiger partial charge in [0.1, 0.15) is 5.76 Å². The van der Waals surface area contributed by atoms with Gasteiger partial charge in [-0.05, 0) is 19.4 Å². The Morgan fingerprint density at radius 3 is 2.65 bits per heavy atom. The van der Waals surface area contributed by atoms with E-state index in [-0.39, 0.29) is 6.10 Å². The quantitative estimate of drug-likeness (QED) is 0.792. The molecule has 1 aromatic carbocycles. The summed E-state index contributed by atoms with van der Waals surface area (Å²) in [6.45, 7) is 4.61. The summed E-state index contributed by atoms with van der Waals surface area (Å²) in [5.41, 5.74) is 2.08. The fraction of sp³-hybridized carbons (Fsp3) is 0.357. The van der Waals surface area contributed by atoms with Crippen LogP contribution in [0.3, 0.4) is 0 Å². The van der Waals surface area contributed by atoms with E-state index in [1.54, 1.807) is 0 Å². The molecule has 0 saturated carbocycles. The Hall–Kier alpha value is -1.61. The summed E-state index contributed by atoms with van der Waals surface area (Å²) in [4.78, 5) is 0. The van der Waals surface area contributed by atoms with Crippen molar-refractivity contribution in [2.24, 2.45) is 0 Å². The van der Waals surface area contributed by atoms with Gasteiger partial charge in [0.2, 0.25) is 0 Å². The van der Waals surface area contributed by atoms with E-state index in [1.165, 1.54) is 5.56 Å². The van der Waals surface area contributed by atoms with Crippen molar-refractivity contribution in [1.29, 1.82) is 0 Å². The molecule has 0 aliphatic rings. The third-order valence-electron chi connectivity index (χ3n) is 2.60. The third-order valence-corrected chi connectivity index (χ3v) is 2.60. The second-order valence-corrected chi connectivity index (χ2v) is 3.99. The van der Waals surface area contributed by atoms with Gasteiger partial charge in [-0.2, -0.15) is 0 Å². The lowest BCUT2D eigenvalue weighted by atomic mass is 10.1. The molecule has 2 aromatic rings. The number of aryl methyl sites for hydroxylation is 1. The fourth-order valence-electron chi connectivity index (χ4n) is 1.84. The molecule has 0 fully saturated rings. The van der Waals surface area contributed by atoms with Crippen LogP contribution in [0.25, 0.3) is 0 Å². The Kier molecular flexibility index (Phi) is 3.94. The summed E-state index contributed by atoms with van der Waals surface area (Å²) in [6, 6.07) is 12.1. The lowest BCUT2D eigenvalue weighted by molar-refractivity contribution is 0.0579. The number of hydrogen-bond acceptors (Lipinski definition) is 3. The van der Waals surface area contributed by atoms with Crippen molar-refractivity contribution in [2.45, 2.75) is 26.4 Å². The van der Waals surface area contributed by atoms with Crippen LogP contribution in [0.1, 0.15) is 30.0 Å². The molecule has 1 aromatic heterocycles. The van der Waals surface area contributed by atoms with Gasteiger partial charge in [0.05, 0.1) is 11.8 Å². The summed E-state index contributed by atoms with van der Waals surface area (Å²) in [5.74, 6) is 0.866. The average molecular weight is 231 g/mol. The van der Waals surface area contributed by atoms with Crippen LogP contribution in [-0.2, 0) is 11.2 Å². The van der Waals surface area contributed by atoms with Gasteiger partial charge in [0.25, 0.3) is 0 Å². The normalized spacial score (nSPS) is 12.6. The maximum absolute atomic E-state index is 5.75. The first-order valence-corrected chi connectivity index (χ1v) is 5.88. The molecule has 1 unspecified atom stereocenters. The van der Waals surface area contributed by atoms with Crippen LogP contribution in [0.4, 0.5) is 0 Å². The van der Waals surface area contributed by atoms with Gasteiger partial charge < -0.3 is 9.26 Å². The van der Waals surface area contributed by atoms with Crippen molar-refractivity contribution in [3.8, 4) is 0 Å². The number of ether oxygens (including phenoxy) is 1. The van der Waals surface area contributed by atoms with Crippen molar-refractivity contribution in [3.05, 3.63) is 53.4 Å². The molecule has 1 atom stereocenters. The zero-order valence-corrected chi connectivity index (χ0v) is 10.2. The van der Waals surface area contributed by atoms with Gasteiger partial charge in [0.15, 0.2) is 0 Å². The molecule has 0 N–H and O–H groups in total. The van der Waals surface area contributed by atoms with Crippen LogP contribution in [0, 0.1) is 6.92 Å². The van der Waals surface area contributed by atoms with Crippen LogP contribution in [0.5, 0.6) is 0 Å². The molecule has 0 saturated heterocycles. The monoisotopic (exact) mass is 231 g/mol. The molecule has 90 valence electrons. The van der Waals surface area contributed by atoms with E-state index < -0.39 is 0 Å². The van der Waals surface area contributed by atoms with Crippen molar-refractivity contribution in [3.63, 3.8) is 0 Å². The van der Waals surface area contributed by atoms with E-state index in [4.69, 9.17) is 9.26 Å². The summed E-state index contributed by atoms with van der Waals surface area (Å²) < 4.78 is 11.0. The first-order chi connectivity index (χ1) is 8.29. The van der Waals surface area contributed by atoms with Crippen molar-refractivity contribution < 1.29 is 9.26 Å². The smallest absolute Gasteiger partial charge is 0.139 e. The first kappa shape index (κ1) is 11.9. The minimum atomic E-state index is 0.0357. The van der Waals surface area contributed by atoms with Gasteiger partial charge in [-0.15, -0.1) is 0 Å². The molecule has 17 heavy (non-hydrogen) atoms. The number of nitrogens with zero attached hydrogens (tertiary/aromatic N) is 1. The zero-order valence-electron chi connectivity index (χ0n) is 10.2. The standard InChI is InChI=1S/C14H17NO2/c1-3-16-14(12-7-5-4-6-8-12)10-13-9-11(2)15-17-13/h4-9,14H,3,10H2,1-2H3. The summed E-state index contributed by atoms with van der Waals surface area (Å²) >= 11 is 0. The second kappa shape index (κ2) is 5.64. The predicted octanol–water partition coefficient (Wildman–Crippen LogP) is 3.30. The third kappa shape index (κ3) is 3.17. The molecule has 1 heterocycles. The van der Waals surface area contributed by atoms with Crippen molar-refractivity contribution in [2.75, 3.05) is 6.61 Å². The van der Waals surface area contributed by atoms with E-state index >= 15 is 0 Å². The molecule has 0 radical (unpaired) electrons. The van der Waals surface area contributed by atoms with E-state index in [0.717, 1.165) is 17.9 Å². The van der Waals surface area contributed by atoms with Crippen molar-refractivity contribution >= 4 is 0 Å². The highest BCUT2D eigenvalue weighted by atomic mass is 16.5. The first-order valence-electron chi connectivity index (χ1n) is 5.88.